The van der Waals surface area contributed by atoms with E-state index in [1.807, 2.05) is 6.92 Å². The van der Waals surface area contributed by atoms with Crippen molar-refractivity contribution in [1.29, 1.82) is 0 Å². The van der Waals surface area contributed by atoms with E-state index in [0.29, 0.717) is 15.1 Å². The van der Waals surface area contributed by atoms with Crippen molar-refractivity contribution >= 4 is 44.7 Å². The molecule has 0 aromatic carbocycles. The molecule has 15 heavy (non-hydrogen) atoms. The minimum atomic E-state index is -3.32. The molecule has 1 aliphatic rings. The topological polar surface area (TPSA) is 37.4 Å². The molecular weight excluding hydrogens is 274 g/mol. The Labute approximate surface area is 102 Å². The molecule has 0 amide bonds. The third-order valence-electron chi connectivity index (χ3n) is 2.19. The van der Waals surface area contributed by atoms with Crippen molar-refractivity contribution in [2.45, 2.75) is 16.5 Å². The lowest BCUT2D eigenvalue weighted by atomic mass is 10.7. The molecule has 1 unspecified atom stereocenters. The van der Waals surface area contributed by atoms with Gasteiger partial charge in [0, 0.05) is 12.3 Å². The smallest absolute Gasteiger partial charge is 0.206 e. The molecule has 0 N–H and O–H groups in total. The van der Waals surface area contributed by atoms with E-state index < -0.39 is 10.0 Å². The van der Waals surface area contributed by atoms with Gasteiger partial charge < -0.3 is 0 Å². The number of sulfonamides is 1. The fraction of sp³-hybridized carbons (Fsp3) is 0.500. The average Bonchev–Trinajstić information content (AvgIpc) is 2.74. The number of rotatable bonds is 2. The van der Waals surface area contributed by atoms with E-state index >= 15 is 0 Å². The van der Waals surface area contributed by atoms with Crippen LogP contribution in [0.5, 0.6) is 0 Å². The molecule has 1 aliphatic heterocycles. The van der Waals surface area contributed by atoms with Crippen LogP contribution in [0.3, 0.4) is 0 Å². The first-order valence-corrected chi connectivity index (χ1v) is 8.09. The summed E-state index contributed by atoms with van der Waals surface area (Å²) in [5, 5.41) is 0.0240. The van der Waals surface area contributed by atoms with E-state index in [1.165, 1.54) is 4.31 Å². The Bertz CT molecular complexity index is 456. The summed E-state index contributed by atoms with van der Waals surface area (Å²) in [6.07, 6.45) is 0. The zero-order chi connectivity index (χ0) is 11.1. The maximum atomic E-state index is 12.1. The van der Waals surface area contributed by atoms with E-state index in [-0.39, 0.29) is 5.37 Å². The molecule has 0 bridgehead atoms. The Morgan fingerprint density at radius 3 is 2.73 bits per heavy atom. The zero-order valence-electron chi connectivity index (χ0n) is 8.01. The first-order valence-electron chi connectivity index (χ1n) is 4.40. The average molecular weight is 284 g/mol. The largest absolute Gasteiger partial charge is 0.253 e. The molecule has 7 heteroatoms. The molecule has 3 nitrogen and oxygen atoms in total. The summed E-state index contributed by atoms with van der Waals surface area (Å²) in [6.45, 7) is 2.49. The minimum Gasteiger partial charge on any atom is -0.206 e. The van der Waals surface area contributed by atoms with Gasteiger partial charge in [-0.05, 0) is 19.1 Å². The number of hydrogen-bond acceptors (Lipinski definition) is 4. The van der Waals surface area contributed by atoms with Gasteiger partial charge in [0.2, 0.25) is 0 Å². The minimum absolute atomic E-state index is 0.0240. The van der Waals surface area contributed by atoms with Crippen molar-refractivity contribution in [3.63, 3.8) is 0 Å². The van der Waals surface area contributed by atoms with Crippen LogP contribution in [0, 0.1) is 0 Å². The highest BCUT2D eigenvalue weighted by molar-refractivity contribution is 8.01. The van der Waals surface area contributed by atoms with Crippen molar-refractivity contribution in [2.75, 3.05) is 12.3 Å². The summed E-state index contributed by atoms with van der Waals surface area (Å²) in [5.41, 5.74) is 0. The molecule has 2 heterocycles. The predicted octanol–water partition coefficient (Wildman–Crippen LogP) is 2.49. The van der Waals surface area contributed by atoms with Crippen molar-refractivity contribution in [1.82, 2.24) is 4.31 Å². The van der Waals surface area contributed by atoms with Gasteiger partial charge in [0.15, 0.2) is 0 Å². The second-order valence-corrected chi connectivity index (χ2v) is 8.40. The van der Waals surface area contributed by atoms with Gasteiger partial charge in [0.05, 0.1) is 9.71 Å². The summed E-state index contributed by atoms with van der Waals surface area (Å²) >= 11 is 8.50. The fourth-order valence-electron chi connectivity index (χ4n) is 1.45. The van der Waals surface area contributed by atoms with E-state index in [1.54, 1.807) is 23.9 Å². The van der Waals surface area contributed by atoms with E-state index in [2.05, 4.69) is 0 Å². The summed E-state index contributed by atoms with van der Waals surface area (Å²) in [5.74, 6) is 0.861. The van der Waals surface area contributed by atoms with Crippen LogP contribution in [0.1, 0.15) is 6.92 Å². The number of thioether (sulfide) groups is 1. The Balaban J connectivity index is 2.34. The second-order valence-electron chi connectivity index (χ2n) is 3.14. The fourth-order valence-corrected chi connectivity index (χ4v) is 6.08. The van der Waals surface area contributed by atoms with Crippen LogP contribution in [0.2, 0.25) is 4.34 Å². The molecule has 0 spiro atoms. The molecule has 1 saturated heterocycles. The third-order valence-corrected chi connectivity index (χ3v) is 7.14. The molecule has 84 valence electrons. The first kappa shape index (κ1) is 11.7. The van der Waals surface area contributed by atoms with Crippen LogP contribution >= 0.6 is 34.7 Å². The lowest BCUT2D eigenvalue weighted by molar-refractivity contribution is 0.443. The van der Waals surface area contributed by atoms with Crippen molar-refractivity contribution in [2.24, 2.45) is 0 Å². The van der Waals surface area contributed by atoms with Crippen LogP contribution in [0.25, 0.3) is 0 Å². The molecular formula is C8H10ClNO2S3. The monoisotopic (exact) mass is 283 g/mol. The van der Waals surface area contributed by atoms with Gasteiger partial charge in [-0.2, -0.15) is 4.31 Å². The van der Waals surface area contributed by atoms with Gasteiger partial charge in [-0.25, -0.2) is 8.42 Å². The summed E-state index contributed by atoms with van der Waals surface area (Å²) in [6, 6.07) is 3.19. The van der Waals surface area contributed by atoms with Gasteiger partial charge in [-0.1, -0.05) is 11.6 Å². The maximum Gasteiger partial charge on any atom is 0.253 e. The highest BCUT2D eigenvalue weighted by Crippen LogP contribution is 2.33. The number of hydrogen-bond donors (Lipinski definition) is 0. The highest BCUT2D eigenvalue weighted by Gasteiger charge is 2.33. The van der Waals surface area contributed by atoms with E-state index in [0.717, 1.165) is 17.1 Å². The third kappa shape index (κ3) is 2.19. The zero-order valence-corrected chi connectivity index (χ0v) is 11.2. The van der Waals surface area contributed by atoms with Gasteiger partial charge in [0.25, 0.3) is 10.0 Å². The van der Waals surface area contributed by atoms with Crippen LogP contribution in [0.15, 0.2) is 16.3 Å². The van der Waals surface area contributed by atoms with Crippen LogP contribution < -0.4 is 0 Å². The second kappa shape index (κ2) is 4.25. The molecule has 1 aromatic heterocycles. The highest BCUT2D eigenvalue weighted by atomic mass is 35.5. The molecule has 1 aromatic rings. The van der Waals surface area contributed by atoms with Gasteiger partial charge in [-0.15, -0.1) is 23.1 Å². The SMILES string of the molecule is CC1SCCN1S(=O)(=O)c1ccc(Cl)s1. The van der Waals surface area contributed by atoms with Crippen molar-refractivity contribution < 1.29 is 8.42 Å². The van der Waals surface area contributed by atoms with Gasteiger partial charge in [-0.3, -0.25) is 0 Å². The summed E-state index contributed by atoms with van der Waals surface area (Å²) in [4.78, 5) is 0. The Kier molecular flexibility index (Phi) is 3.33. The molecule has 0 aliphatic carbocycles. The number of nitrogens with zero attached hydrogens (tertiary/aromatic N) is 1. The lowest BCUT2D eigenvalue weighted by Crippen LogP contribution is -2.32. The van der Waals surface area contributed by atoms with E-state index in [4.69, 9.17) is 11.6 Å². The quantitative estimate of drug-likeness (QED) is 0.837. The van der Waals surface area contributed by atoms with Crippen LogP contribution in [0.4, 0.5) is 0 Å². The van der Waals surface area contributed by atoms with E-state index in [9.17, 15) is 8.42 Å². The summed E-state index contributed by atoms with van der Waals surface area (Å²) in [7, 11) is -3.32. The van der Waals surface area contributed by atoms with Crippen LogP contribution in [-0.4, -0.2) is 30.4 Å². The van der Waals surface area contributed by atoms with Crippen LogP contribution in [-0.2, 0) is 10.0 Å². The normalized spacial score (nSPS) is 23.5. The maximum absolute atomic E-state index is 12.1. The molecule has 0 radical (unpaired) electrons. The standard InChI is InChI=1S/C8H10ClNO2S3/c1-6-10(4-5-13-6)15(11,12)8-3-2-7(9)14-8/h2-3,6H,4-5H2,1H3. The number of halogens is 1. The Morgan fingerprint density at radius 1 is 1.53 bits per heavy atom. The molecule has 0 saturated carbocycles. The lowest BCUT2D eigenvalue weighted by Gasteiger charge is -2.18. The Morgan fingerprint density at radius 2 is 2.27 bits per heavy atom. The van der Waals surface area contributed by atoms with Gasteiger partial charge in [0.1, 0.15) is 4.21 Å². The predicted molar refractivity (Wildman–Crippen MR) is 65.1 cm³/mol. The number of thiophene rings is 1. The molecule has 1 atom stereocenters. The molecule has 1 fully saturated rings. The van der Waals surface area contributed by atoms with Gasteiger partial charge >= 0.3 is 0 Å². The van der Waals surface area contributed by atoms with Crippen molar-refractivity contribution in [3.05, 3.63) is 16.5 Å². The molecule has 2 rings (SSSR count). The summed E-state index contributed by atoms with van der Waals surface area (Å²) < 4.78 is 26.6. The first-order chi connectivity index (χ1) is 7.01. The Hall–Kier alpha value is 0.250. The van der Waals surface area contributed by atoms with Crippen molar-refractivity contribution in [3.8, 4) is 0 Å².